The molecule has 1 fully saturated rings. The van der Waals surface area contributed by atoms with Crippen LogP contribution in [0, 0.1) is 11.8 Å². The van der Waals surface area contributed by atoms with E-state index < -0.39 is 0 Å². The number of rotatable bonds is 5. The van der Waals surface area contributed by atoms with E-state index in [1.54, 1.807) is 24.3 Å². The first-order chi connectivity index (χ1) is 11.0. The van der Waals surface area contributed by atoms with Crippen LogP contribution in [-0.2, 0) is 0 Å². The van der Waals surface area contributed by atoms with Crippen molar-refractivity contribution in [1.82, 2.24) is 10.2 Å². The fraction of sp³-hybridized carbons (Fsp3) is 0.579. The predicted molar refractivity (Wildman–Crippen MR) is 92.5 cm³/mol. The van der Waals surface area contributed by atoms with E-state index in [-0.39, 0.29) is 11.8 Å². The van der Waals surface area contributed by atoms with Crippen LogP contribution in [-0.4, -0.2) is 36.3 Å². The number of benzene rings is 1. The molecule has 0 radical (unpaired) electrons. The monoisotopic (exact) mass is 316 g/mol. The summed E-state index contributed by atoms with van der Waals surface area (Å²) in [5.41, 5.74) is 1.17. The van der Waals surface area contributed by atoms with E-state index >= 15 is 0 Å². The Morgan fingerprint density at radius 1 is 1.30 bits per heavy atom. The number of carbonyl (C=O) groups excluding carboxylic acids is 2. The van der Waals surface area contributed by atoms with Gasteiger partial charge in [0.2, 0.25) is 0 Å². The lowest BCUT2D eigenvalue weighted by atomic mass is 9.99. The van der Waals surface area contributed by atoms with Gasteiger partial charge in [0.1, 0.15) is 0 Å². The number of nitrogens with zero attached hydrogens (tertiary/aromatic N) is 1. The van der Waals surface area contributed by atoms with Crippen molar-refractivity contribution in [2.75, 3.05) is 19.6 Å². The quantitative estimate of drug-likeness (QED) is 0.906. The minimum Gasteiger partial charge on any atom is -0.352 e. The Bertz CT molecular complexity index is 554. The smallest absolute Gasteiger partial charge is 0.253 e. The molecule has 0 saturated carbocycles. The molecule has 1 aliphatic rings. The SMILES string of the molecule is CC(C)CCNC(=O)c1cccc(C(=O)N2CCCC(C)C2)c1. The van der Waals surface area contributed by atoms with Gasteiger partial charge in [-0.25, -0.2) is 0 Å². The molecule has 0 aromatic heterocycles. The van der Waals surface area contributed by atoms with Gasteiger partial charge in [-0.05, 0) is 49.3 Å². The van der Waals surface area contributed by atoms with Crippen LogP contribution < -0.4 is 5.32 Å². The number of likely N-dealkylation sites (tertiary alicyclic amines) is 1. The summed E-state index contributed by atoms with van der Waals surface area (Å²) in [5, 5.41) is 2.92. The molecule has 1 saturated heterocycles. The number of hydrogen-bond donors (Lipinski definition) is 1. The fourth-order valence-corrected chi connectivity index (χ4v) is 2.93. The van der Waals surface area contributed by atoms with E-state index in [2.05, 4.69) is 26.1 Å². The number of carbonyl (C=O) groups is 2. The van der Waals surface area contributed by atoms with Crippen molar-refractivity contribution in [3.8, 4) is 0 Å². The summed E-state index contributed by atoms with van der Waals surface area (Å²) >= 11 is 0. The van der Waals surface area contributed by atoms with Gasteiger partial charge < -0.3 is 10.2 Å². The van der Waals surface area contributed by atoms with Crippen molar-refractivity contribution in [3.63, 3.8) is 0 Å². The summed E-state index contributed by atoms with van der Waals surface area (Å²) in [6.45, 7) is 8.73. The third kappa shape index (κ3) is 5.08. The van der Waals surface area contributed by atoms with E-state index in [1.807, 2.05) is 4.90 Å². The summed E-state index contributed by atoms with van der Waals surface area (Å²) in [4.78, 5) is 26.7. The van der Waals surface area contributed by atoms with Gasteiger partial charge in [0.05, 0.1) is 0 Å². The van der Waals surface area contributed by atoms with Crippen molar-refractivity contribution >= 4 is 11.8 Å². The normalized spacial score (nSPS) is 18.1. The largest absolute Gasteiger partial charge is 0.352 e. The van der Waals surface area contributed by atoms with E-state index in [0.717, 1.165) is 25.9 Å². The summed E-state index contributed by atoms with van der Waals surface area (Å²) in [6.07, 6.45) is 3.19. The van der Waals surface area contributed by atoms with Gasteiger partial charge >= 0.3 is 0 Å². The van der Waals surface area contributed by atoms with Gasteiger partial charge in [-0.3, -0.25) is 9.59 Å². The summed E-state index contributed by atoms with van der Waals surface area (Å²) in [6, 6.07) is 7.07. The molecular weight excluding hydrogens is 288 g/mol. The molecule has 0 bridgehead atoms. The highest BCUT2D eigenvalue weighted by Gasteiger charge is 2.22. The highest BCUT2D eigenvalue weighted by Crippen LogP contribution is 2.18. The van der Waals surface area contributed by atoms with Gasteiger partial charge in [0.25, 0.3) is 11.8 Å². The third-order valence-corrected chi connectivity index (χ3v) is 4.32. The first-order valence-corrected chi connectivity index (χ1v) is 8.65. The number of amides is 2. The Labute approximate surface area is 139 Å². The topological polar surface area (TPSA) is 49.4 Å². The van der Waals surface area contributed by atoms with Gasteiger partial charge in [-0.15, -0.1) is 0 Å². The molecule has 0 spiro atoms. The Morgan fingerprint density at radius 3 is 2.74 bits per heavy atom. The number of hydrogen-bond acceptors (Lipinski definition) is 2. The van der Waals surface area contributed by atoms with Crippen LogP contribution in [0.15, 0.2) is 24.3 Å². The Hall–Kier alpha value is -1.84. The van der Waals surface area contributed by atoms with Gasteiger partial charge in [0, 0.05) is 30.8 Å². The second-order valence-corrected chi connectivity index (χ2v) is 7.02. The van der Waals surface area contributed by atoms with Crippen LogP contribution in [0.2, 0.25) is 0 Å². The van der Waals surface area contributed by atoms with Crippen molar-refractivity contribution in [1.29, 1.82) is 0 Å². The Morgan fingerprint density at radius 2 is 2.04 bits per heavy atom. The molecule has 1 heterocycles. The molecular formula is C19H28N2O2. The first-order valence-electron chi connectivity index (χ1n) is 8.65. The van der Waals surface area contributed by atoms with Crippen molar-refractivity contribution in [2.24, 2.45) is 11.8 Å². The zero-order valence-corrected chi connectivity index (χ0v) is 14.5. The first kappa shape index (κ1) is 17.5. The van der Waals surface area contributed by atoms with Crippen LogP contribution >= 0.6 is 0 Å². The average molecular weight is 316 g/mol. The van der Waals surface area contributed by atoms with Gasteiger partial charge in [0.15, 0.2) is 0 Å². The van der Waals surface area contributed by atoms with E-state index in [9.17, 15) is 9.59 Å². The molecule has 1 aromatic rings. The molecule has 1 aliphatic heterocycles. The highest BCUT2D eigenvalue weighted by atomic mass is 16.2. The van der Waals surface area contributed by atoms with E-state index in [4.69, 9.17) is 0 Å². The maximum Gasteiger partial charge on any atom is 0.253 e. The summed E-state index contributed by atoms with van der Waals surface area (Å²) < 4.78 is 0. The minimum absolute atomic E-state index is 0.0355. The molecule has 0 aliphatic carbocycles. The van der Waals surface area contributed by atoms with E-state index in [0.29, 0.717) is 29.5 Å². The summed E-state index contributed by atoms with van der Waals surface area (Å²) in [7, 11) is 0. The molecule has 4 heteroatoms. The van der Waals surface area contributed by atoms with Crippen molar-refractivity contribution in [3.05, 3.63) is 35.4 Å². The second-order valence-electron chi connectivity index (χ2n) is 7.02. The van der Waals surface area contributed by atoms with E-state index in [1.165, 1.54) is 6.42 Å². The average Bonchev–Trinajstić information content (AvgIpc) is 2.54. The van der Waals surface area contributed by atoms with Crippen LogP contribution in [0.4, 0.5) is 0 Å². The highest BCUT2D eigenvalue weighted by molar-refractivity contribution is 5.99. The van der Waals surface area contributed by atoms with Gasteiger partial charge in [-0.2, -0.15) is 0 Å². The van der Waals surface area contributed by atoms with Gasteiger partial charge in [-0.1, -0.05) is 26.8 Å². The molecule has 1 unspecified atom stereocenters. The minimum atomic E-state index is -0.104. The standard InChI is InChI=1S/C19H28N2O2/c1-14(2)9-10-20-18(22)16-7-4-8-17(12-16)19(23)21-11-5-6-15(3)13-21/h4,7-8,12,14-15H,5-6,9-11,13H2,1-3H3,(H,20,22). The number of piperidine rings is 1. The maximum atomic E-state index is 12.6. The molecule has 2 rings (SSSR count). The molecule has 23 heavy (non-hydrogen) atoms. The van der Waals surface area contributed by atoms with Crippen LogP contribution in [0.5, 0.6) is 0 Å². The lowest BCUT2D eigenvalue weighted by Crippen LogP contribution is -2.39. The number of nitrogens with one attached hydrogen (secondary N) is 1. The lowest BCUT2D eigenvalue weighted by molar-refractivity contribution is 0.0683. The molecule has 4 nitrogen and oxygen atoms in total. The van der Waals surface area contributed by atoms with Crippen molar-refractivity contribution in [2.45, 2.75) is 40.0 Å². The van der Waals surface area contributed by atoms with Crippen molar-refractivity contribution < 1.29 is 9.59 Å². The molecule has 1 N–H and O–H groups in total. The second kappa shape index (κ2) is 8.14. The van der Waals surface area contributed by atoms with Crippen LogP contribution in [0.25, 0.3) is 0 Å². The fourth-order valence-electron chi connectivity index (χ4n) is 2.93. The van der Waals surface area contributed by atoms with Crippen LogP contribution in [0.1, 0.15) is 60.7 Å². The predicted octanol–water partition coefficient (Wildman–Crippen LogP) is 3.33. The Kier molecular flexibility index (Phi) is 6.20. The zero-order chi connectivity index (χ0) is 16.8. The maximum absolute atomic E-state index is 12.6. The zero-order valence-electron chi connectivity index (χ0n) is 14.5. The lowest BCUT2D eigenvalue weighted by Gasteiger charge is -2.31. The summed E-state index contributed by atoms with van der Waals surface area (Å²) in [5.74, 6) is 1.04. The Balaban J connectivity index is 2.01. The molecule has 1 atom stereocenters. The van der Waals surface area contributed by atoms with Crippen LogP contribution in [0.3, 0.4) is 0 Å². The molecule has 1 aromatic carbocycles. The third-order valence-electron chi connectivity index (χ3n) is 4.32. The molecule has 126 valence electrons. The molecule has 2 amide bonds.